The Morgan fingerprint density at radius 3 is 2.39 bits per heavy atom. The highest BCUT2D eigenvalue weighted by molar-refractivity contribution is 6.24. The van der Waals surface area contributed by atoms with Crippen molar-refractivity contribution in [3.05, 3.63) is 75.3 Å². The second kappa shape index (κ2) is 7.39. The molecule has 0 spiro atoms. The second-order valence-corrected chi connectivity index (χ2v) is 6.01. The van der Waals surface area contributed by atoms with Crippen LogP contribution in [0.2, 0.25) is 0 Å². The number of hydrogen-bond donors (Lipinski definition) is 0. The maximum Gasteiger partial charge on any atom is 0.329 e. The van der Waals surface area contributed by atoms with Gasteiger partial charge in [-0.1, -0.05) is 36.4 Å². The molecule has 0 bridgehead atoms. The molecule has 1 unspecified atom stereocenters. The largest absolute Gasteiger partial charge is 0.456 e. The van der Waals surface area contributed by atoms with Crippen molar-refractivity contribution in [3.8, 4) is 0 Å². The van der Waals surface area contributed by atoms with Gasteiger partial charge in [0.05, 0.1) is 10.5 Å². The predicted molar refractivity (Wildman–Crippen MR) is 94.8 cm³/mol. The Kier molecular flexibility index (Phi) is 4.99. The summed E-state index contributed by atoms with van der Waals surface area (Å²) in [5.41, 5.74) is -0.686. The van der Waals surface area contributed by atoms with Gasteiger partial charge in [0.2, 0.25) is 0 Å². The molecule has 142 valence electrons. The van der Waals surface area contributed by atoms with E-state index in [1.807, 2.05) is 0 Å². The molecule has 0 aromatic heterocycles. The summed E-state index contributed by atoms with van der Waals surface area (Å²) in [6.45, 7) is 0.694. The zero-order chi connectivity index (χ0) is 20.4. The van der Waals surface area contributed by atoms with Gasteiger partial charge in [-0.2, -0.15) is 0 Å². The van der Waals surface area contributed by atoms with Crippen molar-refractivity contribution >= 4 is 29.3 Å². The van der Waals surface area contributed by atoms with E-state index in [0.29, 0.717) is 10.5 Å². The van der Waals surface area contributed by atoms with E-state index in [2.05, 4.69) is 0 Å². The molecular weight excluding hydrogens is 368 g/mol. The molecule has 1 aliphatic heterocycles. The average Bonchev–Trinajstić information content (AvgIpc) is 2.96. The molecule has 0 saturated carbocycles. The van der Waals surface area contributed by atoms with Crippen LogP contribution >= 0.6 is 0 Å². The van der Waals surface area contributed by atoms with Crippen molar-refractivity contribution in [2.24, 2.45) is 0 Å². The number of esters is 1. The van der Waals surface area contributed by atoms with Crippen LogP contribution in [0.15, 0.2) is 48.5 Å². The van der Waals surface area contributed by atoms with Crippen LogP contribution in [0, 0.1) is 10.1 Å². The number of benzene rings is 2. The van der Waals surface area contributed by atoms with Gasteiger partial charge in [-0.05, 0) is 13.0 Å². The molecule has 9 nitrogen and oxygen atoms in total. The third-order valence-electron chi connectivity index (χ3n) is 4.29. The number of carbonyl (C=O) groups is 4. The normalized spacial score (nSPS) is 13.8. The molecule has 0 N–H and O–H groups in total. The highest BCUT2D eigenvalue weighted by atomic mass is 16.6. The second-order valence-electron chi connectivity index (χ2n) is 6.01. The van der Waals surface area contributed by atoms with Gasteiger partial charge in [-0.15, -0.1) is 0 Å². The Balaban J connectivity index is 1.75. The van der Waals surface area contributed by atoms with E-state index >= 15 is 0 Å². The molecule has 9 heteroatoms. The first-order valence-electron chi connectivity index (χ1n) is 8.23. The van der Waals surface area contributed by atoms with Gasteiger partial charge in [0.15, 0.2) is 12.4 Å². The van der Waals surface area contributed by atoms with Gasteiger partial charge < -0.3 is 4.74 Å². The maximum absolute atomic E-state index is 12.6. The molecule has 2 amide bonds. The van der Waals surface area contributed by atoms with Crippen LogP contribution in [-0.2, 0) is 9.53 Å². The fraction of sp³-hybridized carbons (Fsp3) is 0.158. The first kappa shape index (κ1) is 18.9. The molecule has 3 rings (SSSR count). The lowest BCUT2D eigenvalue weighted by Gasteiger charge is -2.20. The summed E-state index contributed by atoms with van der Waals surface area (Å²) < 4.78 is 4.94. The number of nitrogens with zero attached hydrogens (tertiary/aromatic N) is 2. The van der Waals surface area contributed by atoms with Crippen LogP contribution in [-0.4, -0.2) is 46.0 Å². The van der Waals surface area contributed by atoms with Crippen LogP contribution in [0.4, 0.5) is 5.69 Å². The molecule has 2 aromatic carbocycles. The molecule has 1 heterocycles. The quantitative estimate of drug-likeness (QED) is 0.246. The van der Waals surface area contributed by atoms with Crippen LogP contribution in [0.3, 0.4) is 0 Å². The Bertz CT molecular complexity index is 1000. The zero-order valence-corrected chi connectivity index (χ0v) is 14.7. The van der Waals surface area contributed by atoms with Crippen molar-refractivity contribution in [2.45, 2.75) is 13.0 Å². The average molecular weight is 382 g/mol. The summed E-state index contributed by atoms with van der Waals surface area (Å²) in [6.07, 6.45) is 0. The Hall–Kier alpha value is -3.88. The molecule has 1 atom stereocenters. The summed E-state index contributed by atoms with van der Waals surface area (Å²) >= 11 is 0. The fourth-order valence-electron chi connectivity index (χ4n) is 2.86. The minimum atomic E-state index is -1.35. The van der Waals surface area contributed by atoms with E-state index in [0.717, 1.165) is 6.07 Å². The molecule has 28 heavy (non-hydrogen) atoms. The van der Waals surface area contributed by atoms with Crippen LogP contribution in [0.1, 0.15) is 38.0 Å². The number of rotatable bonds is 6. The molecule has 1 aliphatic rings. The number of Topliss-reactive ketones (excluding diaryl/α,β-unsaturated/α-hetero) is 1. The number of imide groups is 1. The van der Waals surface area contributed by atoms with E-state index < -0.39 is 46.8 Å². The van der Waals surface area contributed by atoms with Gasteiger partial charge in [0, 0.05) is 11.6 Å². The number of hydrogen-bond acceptors (Lipinski definition) is 7. The fourth-order valence-corrected chi connectivity index (χ4v) is 2.86. The number of carbonyl (C=O) groups excluding carboxylic acids is 4. The third-order valence-corrected chi connectivity index (χ3v) is 4.29. The van der Waals surface area contributed by atoms with Gasteiger partial charge in [0.1, 0.15) is 11.6 Å². The lowest BCUT2D eigenvalue weighted by molar-refractivity contribution is -0.385. The summed E-state index contributed by atoms with van der Waals surface area (Å²) in [6, 6.07) is 10.5. The van der Waals surface area contributed by atoms with Gasteiger partial charge in [-0.3, -0.25) is 29.4 Å². The standard InChI is InChI=1S/C19H14N2O7/c1-11(19(25)28-10-15(22)12-6-3-2-4-7-12)20-17(23)13-8-5-9-14(21(26)27)16(13)18(20)24/h2-9,11H,10H2,1H3. The van der Waals surface area contributed by atoms with Crippen molar-refractivity contribution in [3.63, 3.8) is 0 Å². The molecule has 0 fully saturated rings. The topological polar surface area (TPSA) is 124 Å². The Labute approximate surface area is 158 Å². The van der Waals surface area contributed by atoms with E-state index in [4.69, 9.17) is 4.74 Å². The minimum absolute atomic E-state index is 0.154. The van der Waals surface area contributed by atoms with E-state index in [-0.39, 0.29) is 11.1 Å². The minimum Gasteiger partial charge on any atom is -0.456 e. The summed E-state index contributed by atoms with van der Waals surface area (Å²) in [4.78, 5) is 60.3. The van der Waals surface area contributed by atoms with E-state index in [1.54, 1.807) is 30.3 Å². The van der Waals surface area contributed by atoms with Crippen molar-refractivity contribution in [1.29, 1.82) is 0 Å². The SMILES string of the molecule is CC(C(=O)OCC(=O)c1ccccc1)N1C(=O)c2cccc([N+](=O)[O-])c2C1=O. The molecule has 0 radical (unpaired) electrons. The van der Waals surface area contributed by atoms with Crippen molar-refractivity contribution in [2.75, 3.05) is 6.61 Å². The van der Waals surface area contributed by atoms with Crippen molar-refractivity contribution in [1.82, 2.24) is 4.90 Å². The number of amides is 2. The van der Waals surface area contributed by atoms with Crippen molar-refractivity contribution < 1.29 is 28.8 Å². The molecule has 0 aliphatic carbocycles. The maximum atomic E-state index is 12.6. The smallest absolute Gasteiger partial charge is 0.329 e. The molecule has 0 saturated heterocycles. The number of nitro groups is 1. The van der Waals surface area contributed by atoms with Gasteiger partial charge >= 0.3 is 5.97 Å². The highest BCUT2D eigenvalue weighted by Crippen LogP contribution is 2.32. The summed E-state index contributed by atoms with van der Waals surface area (Å²) in [5.74, 6) is -3.20. The third kappa shape index (κ3) is 3.25. The Morgan fingerprint density at radius 1 is 1.07 bits per heavy atom. The molecule has 2 aromatic rings. The van der Waals surface area contributed by atoms with E-state index in [9.17, 15) is 29.3 Å². The number of fused-ring (bicyclic) bond motifs is 1. The number of ketones is 1. The van der Waals surface area contributed by atoms with E-state index in [1.165, 1.54) is 19.1 Å². The van der Waals surface area contributed by atoms with Gasteiger partial charge in [-0.25, -0.2) is 4.79 Å². The summed E-state index contributed by atoms with van der Waals surface area (Å²) in [5, 5.41) is 11.1. The summed E-state index contributed by atoms with van der Waals surface area (Å²) in [7, 11) is 0. The zero-order valence-electron chi connectivity index (χ0n) is 14.7. The van der Waals surface area contributed by atoms with Gasteiger partial charge in [0.25, 0.3) is 17.5 Å². The predicted octanol–water partition coefficient (Wildman–Crippen LogP) is 2.01. The highest BCUT2D eigenvalue weighted by Gasteiger charge is 2.45. The Morgan fingerprint density at radius 2 is 1.75 bits per heavy atom. The first-order chi connectivity index (χ1) is 13.3. The number of nitro benzene ring substituents is 1. The monoisotopic (exact) mass is 382 g/mol. The van der Waals surface area contributed by atoms with Crippen LogP contribution < -0.4 is 0 Å². The van der Waals surface area contributed by atoms with Crippen LogP contribution in [0.25, 0.3) is 0 Å². The number of ether oxygens (including phenoxy) is 1. The lowest BCUT2D eigenvalue weighted by atomic mass is 10.1. The molecular formula is C19H14N2O7. The first-order valence-corrected chi connectivity index (χ1v) is 8.23. The van der Waals surface area contributed by atoms with Crippen LogP contribution in [0.5, 0.6) is 0 Å². The lowest BCUT2D eigenvalue weighted by Crippen LogP contribution is -2.44.